The molecule has 0 radical (unpaired) electrons. The van der Waals surface area contributed by atoms with E-state index in [1.54, 1.807) is 0 Å². The zero-order chi connectivity index (χ0) is 11.0. The summed E-state index contributed by atoms with van der Waals surface area (Å²) in [6.45, 7) is 2.18. The molecule has 2 aliphatic rings. The number of piperidine rings is 1. The Morgan fingerprint density at radius 2 is 1.81 bits per heavy atom. The number of hydrogen-bond acceptors (Lipinski definition) is 4. The molecule has 4 heteroatoms. The maximum Gasteiger partial charge on any atom is 0.134 e. The van der Waals surface area contributed by atoms with Gasteiger partial charge in [-0.25, -0.2) is 9.97 Å². The number of anilines is 1. The van der Waals surface area contributed by atoms with Gasteiger partial charge in [0.15, 0.2) is 0 Å². The third kappa shape index (κ3) is 2.02. The topological polar surface area (TPSA) is 63.8 Å². The SMILES string of the molecule is Nc1cc(C2CCNCC2)nc(C2CC2)n1. The van der Waals surface area contributed by atoms with E-state index in [-0.39, 0.29) is 0 Å². The second-order valence-electron chi connectivity index (χ2n) is 4.87. The van der Waals surface area contributed by atoms with Crippen LogP contribution in [-0.4, -0.2) is 23.1 Å². The molecule has 0 unspecified atom stereocenters. The van der Waals surface area contributed by atoms with Crippen LogP contribution < -0.4 is 11.1 Å². The van der Waals surface area contributed by atoms with Crippen molar-refractivity contribution in [2.24, 2.45) is 0 Å². The van der Waals surface area contributed by atoms with Crippen LogP contribution in [0.25, 0.3) is 0 Å². The van der Waals surface area contributed by atoms with E-state index in [2.05, 4.69) is 10.3 Å². The van der Waals surface area contributed by atoms with Gasteiger partial charge in [0.05, 0.1) is 0 Å². The number of nitrogens with one attached hydrogen (secondary N) is 1. The first-order valence-corrected chi connectivity index (χ1v) is 6.18. The Hall–Kier alpha value is -1.16. The molecule has 0 bridgehead atoms. The fourth-order valence-corrected chi connectivity index (χ4v) is 2.36. The molecule has 1 aliphatic carbocycles. The lowest BCUT2D eigenvalue weighted by Crippen LogP contribution is -2.27. The number of aromatic nitrogens is 2. The maximum atomic E-state index is 5.86. The van der Waals surface area contributed by atoms with Gasteiger partial charge in [-0.1, -0.05) is 0 Å². The molecule has 1 saturated heterocycles. The van der Waals surface area contributed by atoms with Crippen molar-refractivity contribution in [2.45, 2.75) is 37.5 Å². The first-order valence-electron chi connectivity index (χ1n) is 6.18. The Bertz CT molecular complexity index is 381. The lowest BCUT2D eigenvalue weighted by molar-refractivity contribution is 0.452. The van der Waals surface area contributed by atoms with Gasteiger partial charge >= 0.3 is 0 Å². The average Bonchev–Trinajstić information content (AvgIpc) is 3.13. The summed E-state index contributed by atoms with van der Waals surface area (Å²) in [4.78, 5) is 9.04. The van der Waals surface area contributed by atoms with Gasteiger partial charge in [-0.3, -0.25) is 0 Å². The minimum absolute atomic E-state index is 0.573. The summed E-state index contributed by atoms with van der Waals surface area (Å²) < 4.78 is 0. The van der Waals surface area contributed by atoms with Crippen molar-refractivity contribution >= 4 is 5.82 Å². The smallest absolute Gasteiger partial charge is 0.134 e. The largest absolute Gasteiger partial charge is 0.384 e. The molecular formula is C12H18N4. The molecule has 16 heavy (non-hydrogen) atoms. The van der Waals surface area contributed by atoms with Crippen LogP contribution in [-0.2, 0) is 0 Å². The van der Waals surface area contributed by atoms with E-state index < -0.39 is 0 Å². The maximum absolute atomic E-state index is 5.86. The van der Waals surface area contributed by atoms with Crippen LogP contribution in [0.5, 0.6) is 0 Å². The average molecular weight is 218 g/mol. The molecule has 0 spiro atoms. The van der Waals surface area contributed by atoms with Crippen molar-refractivity contribution in [1.82, 2.24) is 15.3 Å². The second-order valence-corrected chi connectivity index (χ2v) is 4.87. The molecule has 86 valence electrons. The molecule has 0 amide bonds. The van der Waals surface area contributed by atoms with Gasteiger partial charge in [0.25, 0.3) is 0 Å². The molecule has 0 atom stereocenters. The number of nitrogens with two attached hydrogens (primary N) is 1. The van der Waals surface area contributed by atoms with Gasteiger partial charge in [0.1, 0.15) is 11.6 Å². The molecule has 2 fully saturated rings. The summed E-state index contributed by atoms with van der Waals surface area (Å²) in [6.07, 6.45) is 4.80. The highest BCUT2D eigenvalue weighted by Crippen LogP contribution is 2.39. The molecule has 1 aliphatic heterocycles. The summed E-state index contributed by atoms with van der Waals surface area (Å²) in [5.74, 6) is 2.78. The van der Waals surface area contributed by atoms with E-state index in [0.29, 0.717) is 17.7 Å². The van der Waals surface area contributed by atoms with Gasteiger partial charge in [0, 0.05) is 23.6 Å². The third-order valence-corrected chi connectivity index (χ3v) is 3.48. The van der Waals surface area contributed by atoms with E-state index in [0.717, 1.165) is 24.6 Å². The number of rotatable bonds is 2. The Labute approximate surface area is 95.7 Å². The normalized spacial score (nSPS) is 22.2. The predicted octanol–water partition coefficient (Wildman–Crippen LogP) is 1.40. The Morgan fingerprint density at radius 1 is 1.06 bits per heavy atom. The van der Waals surface area contributed by atoms with Gasteiger partial charge in [0.2, 0.25) is 0 Å². The van der Waals surface area contributed by atoms with Crippen LogP contribution in [0.15, 0.2) is 6.07 Å². The zero-order valence-corrected chi connectivity index (χ0v) is 9.45. The molecule has 4 nitrogen and oxygen atoms in total. The number of nitrogens with zero attached hydrogens (tertiary/aromatic N) is 2. The molecule has 1 aromatic rings. The summed E-state index contributed by atoms with van der Waals surface area (Å²) in [5.41, 5.74) is 7.03. The fourth-order valence-electron chi connectivity index (χ4n) is 2.36. The summed E-state index contributed by atoms with van der Waals surface area (Å²) in [6, 6.07) is 1.96. The highest BCUT2D eigenvalue weighted by Gasteiger charge is 2.28. The minimum atomic E-state index is 0.573. The fraction of sp³-hybridized carbons (Fsp3) is 0.667. The van der Waals surface area contributed by atoms with Gasteiger partial charge in [-0.2, -0.15) is 0 Å². The lowest BCUT2D eigenvalue weighted by atomic mass is 9.94. The first kappa shape index (κ1) is 10.0. The van der Waals surface area contributed by atoms with Crippen molar-refractivity contribution in [3.05, 3.63) is 17.6 Å². The lowest BCUT2D eigenvalue weighted by Gasteiger charge is -2.22. The van der Waals surface area contributed by atoms with E-state index in [4.69, 9.17) is 10.7 Å². The molecular weight excluding hydrogens is 200 g/mol. The standard InChI is InChI=1S/C12H18N4/c13-11-7-10(8-3-5-14-6-4-8)15-12(16-11)9-1-2-9/h7-9,14H,1-6H2,(H2,13,15,16). The first-order chi connectivity index (χ1) is 7.83. The van der Waals surface area contributed by atoms with Crippen LogP contribution in [0.1, 0.15) is 49.0 Å². The Balaban J connectivity index is 1.86. The van der Waals surface area contributed by atoms with E-state index in [1.165, 1.54) is 25.7 Å². The highest BCUT2D eigenvalue weighted by atomic mass is 15.0. The minimum Gasteiger partial charge on any atom is -0.384 e. The molecule has 3 N–H and O–H groups in total. The van der Waals surface area contributed by atoms with Crippen molar-refractivity contribution in [3.63, 3.8) is 0 Å². The van der Waals surface area contributed by atoms with Gasteiger partial charge < -0.3 is 11.1 Å². The third-order valence-electron chi connectivity index (χ3n) is 3.48. The number of nitrogen functional groups attached to an aromatic ring is 1. The van der Waals surface area contributed by atoms with Crippen molar-refractivity contribution in [1.29, 1.82) is 0 Å². The van der Waals surface area contributed by atoms with Crippen molar-refractivity contribution in [2.75, 3.05) is 18.8 Å². The summed E-state index contributed by atoms with van der Waals surface area (Å²) in [5, 5.41) is 3.37. The quantitative estimate of drug-likeness (QED) is 0.787. The summed E-state index contributed by atoms with van der Waals surface area (Å²) >= 11 is 0. The van der Waals surface area contributed by atoms with Crippen LogP contribution in [0, 0.1) is 0 Å². The molecule has 0 aromatic carbocycles. The van der Waals surface area contributed by atoms with Crippen molar-refractivity contribution in [3.8, 4) is 0 Å². The second kappa shape index (κ2) is 4.01. The van der Waals surface area contributed by atoms with E-state index in [9.17, 15) is 0 Å². The highest BCUT2D eigenvalue weighted by molar-refractivity contribution is 5.33. The van der Waals surface area contributed by atoms with Crippen LogP contribution >= 0.6 is 0 Å². The molecule has 3 rings (SSSR count). The van der Waals surface area contributed by atoms with Gasteiger partial charge in [-0.15, -0.1) is 0 Å². The number of hydrogen-bond donors (Lipinski definition) is 2. The molecule has 2 heterocycles. The Morgan fingerprint density at radius 3 is 2.50 bits per heavy atom. The van der Waals surface area contributed by atoms with E-state index in [1.807, 2.05) is 6.07 Å². The zero-order valence-electron chi connectivity index (χ0n) is 9.45. The van der Waals surface area contributed by atoms with Crippen LogP contribution in [0.2, 0.25) is 0 Å². The van der Waals surface area contributed by atoms with Crippen molar-refractivity contribution < 1.29 is 0 Å². The Kier molecular flexibility index (Phi) is 2.52. The van der Waals surface area contributed by atoms with Crippen LogP contribution in [0.3, 0.4) is 0 Å². The van der Waals surface area contributed by atoms with Gasteiger partial charge in [-0.05, 0) is 38.8 Å². The molecule has 1 saturated carbocycles. The monoisotopic (exact) mass is 218 g/mol. The van der Waals surface area contributed by atoms with E-state index >= 15 is 0 Å². The summed E-state index contributed by atoms with van der Waals surface area (Å²) in [7, 11) is 0. The molecule has 1 aromatic heterocycles. The predicted molar refractivity (Wildman–Crippen MR) is 63.3 cm³/mol. The van der Waals surface area contributed by atoms with Crippen LogP contribution in [0.4, 0.5) is 5.82 Å².